The molecule has 2 aliphatic carbocycles. The molecule has 0 amide bonds. The van der Waals surface area contributed by atoms with Crippen molar-refractivity contribution in [3.63, 3.8) is 0 Å². The molecule has 22 rings (SSSR count). The molecule has 1 spiro atoms. The van der Waals surface area contributed by atoms with Crippen LogP contribution in [-0.2, 0) is 5.41 Å². The van der Waals surface area contributed by atoms with Crippen molar-refractivity contribution < 1.29 is 8.83 Å². The van der Waals surface area contributed by atoms with Crippen LogP contribution in [0.25, 0.3) is 195 Å². The van der Waals surface area contributed by atoms with Gasteiger partial charge in [0.25, 0.3) is 0 Å². The van der Waals surface area contributed by atoms with Crippen LogP contribution >= 0.6 is 0 Å². The molecule has 106 heavy (non-hydrogen) atoms. The van der Waals surface area contributed by atoms with E-state index >= 15 is 0 Å². The van der Waals surface area contributed by atoms with Crippen LogP contribution < -0.4 is 0 Å². The van der Waals surface area contributed by atoms with Gasteiger partial charge in [0.1, 0.15) is 22.3 Å². The van der Waals surface area contributed by atoms with E-state index in [9.17, 15) is 0 Å². The van der Waals surface area contributed by atoms with Crippen molar-refractivity contribution in [3.8, 4) is 129 Å². The van der Waals surface area contributed by atoms with E-state index in [1.807, 2.05) is 48.5 Å². The Morgan fingerprint density at radius 3 is 1.01 bits per heavy atom. The molecule has 0 saturated carbocycles. The number of benzene rings is 16. The third kappa shape index (κ3) is 8.95. The predicted octanol–water partition coefficient (Wildman–Crippen LogP) is 26.1. The Morgan fingerprint density at radius 1 is 0.208 bits per heavy atom. The molecular weight excluding hydrogens is 1290 g/mol. The van der Waals surface area contributed by atoms with E-state index in [1.165, 1.54) is 55.3 Å². The van der Waals surface area contributed by atoms with Crippen molar-refractivity contribution in [3.05, 3.63) is 386 Å². The SMILES string of the molecule is c1ccc(-c2nc(-c3ccccc3)nc(-c3ccc(-c4c(-c5ccc(-n6c7ccccc7c7cc8c(cc76)C6(c7ccccc7-c7ccccc76)c6ccccc6-8)cc5)c(-c5ccccc5)c(-c5ccc6oc7ccccc7c6c5)c(-c5ccc6oc7ccccc7c6c5)c4-c4ccccc4)cc3)n2)cc1. The molecule has 0 bridgehead atoms. The van der Waals surface area contributed by atoms with Crippen molar-refractivity contribution in [2.75, 3.05) is 0 Å². The highest BCUT2D eigenvalue weighted by Crippen LogP contribution is 2.64. The van der Waals surface area contributed by atoms with Crippen molar-refractivity contribution in [2.45, 2.75) is 5.41 Å². The number of hydrogen-bond acceptors (Lipinski definition) is 5. The van der Waals surface area contributed by atoms with Crippen molar-refractivity contribution in [1.29, 1.82) is 0 Å². The topological polar surface area (TPSA) is 69.9 Å². The van der Waals surface area contributed by atoms with E-state index in [4.69, 9.17) is 23.8 Å². The summed E-state index contributed by atoms with van der Waals surface area (Å²) in [5, 5.41) is 6.60. The molecule has 4 aromatic heterocycles. The summed E-state index contributed by atoms with van der Waals surface area (Å²) in [6.07, 6.45) is 0. The summed E-state index contributed by atoms with van der Waals surface area (Å²) in [5.74, 6) is 1.79. The molecule has 4 heterocycles. The molecule has 6 heteroatoms. The number of aromatic nitrogens is 4. The van der Waals surface area contributed by atoms with Crippen molar-refractivity contribution in [2.24, 2.45) is 0 Å². The molecule has 6 nitrogen and oxygen atoms in total. The lowest BCUT2D eigenvalue weighted by atomic mass is 9.70. The first-order valence-corrected chi connectivity index (χ1v) is 36.2. The number of fused-ring (bicyclic) bond motifs is 19. The highest BCUT2D eigenvalue weighted by Gasteiger charge is 2.52. The van der Waals surface area contributed by atoms with Gasteiger partial charge in [0, 0.05) is 54.7 Å². The zero-order chi connectivity index (χ0) is 69.6. The number of hydrogen-bond donors (Lipinski definition) is 0. The van der Waals surface area contributed by atoms with E-state index in [-0.39, 0.29) is 0 Å². The Bertz CT molecular complexity index is 6870. The molecule has 0 atom stereocenters. The second-order valence-electron chi connectivity index (χ2n) is 27.9. The van der Waals surface area contributed by atoms with Crippen LogP contribution in [-0.4, -0.2) is 19.5 Å². The first-order chi connectivity index (χ1) is 52.6. The molecule has 0 radical (unpaired) electrons. The minimum absolute atomic E-state index is 0.518. The second-order valence-corrected chi connectivity index (χ2v) is 27.9. The molecule has 0 N–H and O–H groups in total. The van der Waals surface area contributed by atoms with Gasteiger partial charge < -0.3 is 13.4 Å². The van der Waals surface area contributed by atoms with E-state index in [1.54, 1.807) is 0 Å². The normalized spacial score (nSPS) is 12.6. The maximum absolute atomic E-state index is 6.68. The third-order valence-electron chi connectivity index (χ3n) is 22.3. The maximum atomic E-state index is 6.68. The highest BCUT2D eigenvalue weighted by atomic mass is 16.3. The number of rotatable bonds is 10. The van der Waals surface area contributed by atoms with E-state index in [0.717, 1.165) is 144 Å². The van der Waals surface area contributed by atoms with Crippen LogP contribution in [0.5, 0.6) is 0 Å². The van der Waals surface area contributed by atoms with Gasteiger partial charge in [-0.2, -0.15) is 0 Å². The van der Waals surface area contributed by atoms with Crippen LogP contribution in [0, 0.1) is 0 Å². The summed E-state index contributed by atoms with van der Waals surface area (Å²) < 4.78 is 15.8. The summed E-state index contributed by atoms with van der Waals surface area (Å²) >= 11 is 0. The molecular formula is C100H60N4O2. The van der Waals surface area contributed by atoms with Gasteiger partial charge in [0.2, 0.25) is 0 Å². The average Bonchev–Trinajstić information content (AvgIpc) is 1.50. The summed E-state index contributed by atoms with van der Waals surface area (Å²) in [5.41, 5.74) is 32.0. The standard InChI is InChI=1S/C100H60N4O2/c1-5-25-61(26-6-1)91-93(63-45-47-67(48-46-63)99-102-97(65-29-9-3-10-30-65)101-98(103-99)66-31-11-4-12-32-66)94(92(62-27-7-2-8-28-62)96(69-52-56-90-80(58-69)76-38-18-24-44-88(76)106-90)95(91)68-51-55-89-79(57-68)75-37-17-23-43-87(75)105-89)64-49-53-70(54-50-64)104-85-42-22-16-36-74(85)78-59-77-73-35-15-21-41-83(73)100(84(77)60-86(78)104)81-39-19-13-33-71(81)72-34-14-20-40-82(72)100/h1-60H. The molecule has 0 aliphatic heterocycles. The molecule has 492 valence electrons. The van der Waals surface area contributed by atoms with Crippen LogP contribution in [0.4, 0.5) is 0 Å². The van der Waals surface area contributed by atoms with Gasteiger partial charge in [-0.1, -0.05) is 297 Å². The quantitative estimate of drug-likeness (QED) is 0.136. The minimum atomic E-state index is -0.518. The Labute approximate surface area is 610 Å². The largest absolute Gasteiger partial charge is 0.456 e. The van der Waals surface area contributed by atoms with Gasteiger partial charge in [-0.05, 0) is 178 Å². The van der Waals surface area contributed by atoms with Crippen LogP contribution in [0.15, 0.2) is 373 Å². The molecule has 2 aliphatic rings. The summed E-state index contributed by atoms with van der Waals surface area (Å²) in [7, 11) is 0. The van der Waals surface area contributed by atoms with Gasteiger partial charge in [-0.15, -0.1) is 0 Å². The average molecular weight is 1350 g/mol. The van der Waals surface area contributed by atoms with Gasteiger partial charge in [0.05, 0.1) is 16.4 Å². The highest BCUT2D eigenvalue weighted by molar-refractivity contribution is 6.19. The number of furan rings is 2. The minimum Gasteiger partial charge on any atom is -0.456 e. The second kappa shape index (κ2) is 23.5. The van der Waals surface area contributed by atoms with Crippen molar-refractivity contribution >= 4 is 65.7 Å². The van der Waals surface area contributed by atoms with Gasteiger partial charge in [0.15, 0.2) is 17.5 Å². The summed E-state index contributed by atoms with van der Waals surface area (Å²) in [4.78, 5) is 15.6. The first kappa shape index (κ1) is 59.6. The first-order valence-electron chi connectivity index (χ1n) is 36.2. The van der Waals surface area contributed by atoms with E-state index < -0.39 is 5.41 Å². The lowest BCUT2D eigenvalue weighted by molar-refractivity contribution is 0.668. The van der Waals surface area contributed by atoms with Gasteiger partial charge in [-0.25, -0.2) is 15.0 Å². The zero-order valence-electron chi connectivity index (χ0n) is 57.2. The Morgan fingerprint density at radius 2 is 0.538 bits per heavy atom. The summed E-state index contributed by atoms with van der Waals surface area (Å²) in [6.45, 7) is 0. The van der Waals surface area contributed by atoms with Crippen molar-refractivity contribution in [1.82, 2.24) is 19.5 Å². The molecule has 16 aromatic carbocycles. The summed E-state index contributed by atoms with van der Waals surface area (Å²) in [6, 6.07) is 132. The lowest BCUT2D eigenvalue weighted by Crippen LogP contribution is -2.25. The van der Waals surface area contributed by atoms with E-state index in [2.05, 4.69) is 320 Å². The van der Waals surface area contributed by atoms with Crippen LogP contribution in [0.2, 0.25) is 0 Å². The van der Waals surface area contributed by atoms with Gasteiger partial charge in [-0.3, -0.25) is 0 Å². The molecule has 20 aromatic rings. The lowest BCUT2D eigenvalue weighted by Gasteiger charge is -2.30. The fraction of sp³-hybridized carbons (Fsp3) is 0.0100. The monoisotopic (exact) mass is 1350 g/mol. The van der Waals surface area contributed by atoms with Crippen LogP contribution in [0.1, 0.15) is 22.3 Å². The fourth-order valence-electron chi connectivity index (χ4n) is 17.8. The fourth-order valence-corrected chi connectivity index (χ4v) is 17.8. The van der Waals surface area contributed by atoms with Crippen LogP contribution in [0.3, 0.4) is 0 Å². The predicted molar refractivity (Wildman–Crippen MR) is 434 cm³/mol. The smallest absolute Gasteiger partial charge is 0.164 e. The number of nitrogens with zero attached hydrogens (tertiary/aromatic N) is 4. The Hall–Kier alpha value is -14.1. The maximum Gasteiger partial charge on any atom is 0.164 e. The van der Waals surface area contributed by atoms with E-state index in [0.29, 0.717) is 17.5 Å². The molecule has 0 unspecified atom stereocenters. The Balaban J connectivity index is 0.839. The zero-order valence-corrected chi connectivity index (χ0v) is 57.2. The van der Waals surface area contributed by atoms with Gasteiger partial charge >= 0.3 is 0 Å². The Kier molecular flexibility index (Phi) is 13.2. The third-order valence-corrected chi connectivity index (χ3v) is 22.3. The molecule has 0 saturated heterocycles. The number of para-hydroxylation sites is 3. The molecule has 0 fully saturated rings.